The van der Waals surface area contributed by atoms with Crippen LogP contribution in [-0.2, 0) is 14.3 Å². The van der Waals surface area contributed by atoms with Crippen LogP contribution < -0.4 is 0 Å². The lowest BCUT2D eigenvalue weighted by Gasteiger charge is -2.03. The molecule has 0 aromatic carbocycles. The fraction of sp³-hybridized carbons (Fsp3) is 0.250. The van der Waals surface area contributed by atoms with E-state index in [-0.39, 0.29) is 0 Å². The summed E-state index contributed by atoms with van der Waals surface area (Å²) in [5.74, 6) is -5.52. The van der Waals surface area contributed by atoms with Crippen molar-refractivity contribution in [2.45, 2.75) is 13.1 Å². The van der Waals surface area contributed by atoms with Gasteiger partial charge in [-0.05, 0) is 6.92 Å². The first-order chi connectivity index (χ1) is 6.79. The number of carbonyl (C=O) groups excluding carboxylic acids is 2. The summed E-state index contributed by atoms with van der Waals surface area (Å²) in [4.78, 5) is 21.5. The number of alkyl halides is 3. The van der Waals surface area contributed by atoms with Crippen molar-refractivity contribution in [1.29, 1.82) is 0 Å². The normalized spacial score (nSPS) is 23.4. The van der Waals surface area contributed by atoms with Gasteiger partial charge >= 0.3 is 18.1 Å². The molecule has 0 bridgehead atoms. The van der Waals surface area contributed by atoms with Gasteiger partial charge in [-0.3, -0.25) is 0 Å². The Kier molecular flexibility index (Phi) is 2.65. The topological polar surface area (TPSA) is 43.4 Å². The second-order valence-corrected chi connectivity index (χ2v) is 2.57. The SMILES string of the molecule is CC=C1C(=O)OC(=O)C1=C(F)C(F)(F)F. The van der Waals surface area contributed by atoms with Crippen molar-refractivity contribution in [3.63, 3.8) is 0 Å². The van der Waals surface area contributed by atoms with Gasteiger partial charge < -0.3 is 4.74 Å². The highest BCUT2D eigenvalue weighted by Crippen LogP contribution is 2.35. The van der Waals surface area contributed by atoms with Gasteiger partial charge in [0.1, 0.15) is 5.57 Å². The highest BCUT2D eigenvalue weighted by atomic mass is 19.4. The third-order valence-corrected chi connectivity index (χ3v) is 1.64. The number of ether oxygens (including phenoxy) is 1. The van der Waals surface area contributed by atoms with Crippen LogP contribution in [0.25, 0.3) is 0 Å². The highest BCUT2D eigenvalue weighted by molar-refractivity contribution is 6.18. The van der Waals surface area contributed by atoms with Gasteiger partial charge in [0.15, 0.2) is 0 Å². The van der Waals surface area contributed by atoms with Crippen LogP contribution in [0.3, 0.4) is 0 Å². The minimum atomic E-state index is -5.31. The average molecular weight is 224 g/mol. The maximum atomic E-state index is 12.7. The van der Waals surface area contributed by atoms with Gasteiger partial charge in [0.2, 0.25) is 5.83 Å². The molecule has 0 atom stereocenters. The Bertz CT molecular complexity index is 389. The Morgan fingerprint density at radius 3 is 2.20 bits per heavy atom. The largest absolute Gasteiger partial charge is 0.443 e. The minimum Gasteiger partial charge on any atom is -0.386 e. The van der Waals surface area contributed by atoms with Crippen LogP contribution >= 0.6 is 0 Å². The van der Waals surface area contributed by atoms with Gasteiger partial charge in [-0.2, -0.15) is 13.2 Å². The molecule has 82 valence electrons. The van der Waals surface area contributed by atoms with E-state index in [0.29, 0.717) is 0 Å². The van der Waals surface area contributed by atoms with Gasteiger partial charge in [-0.15, -0.1) is 0 Å². The van der Waals surface area contributed by atoms with E-state index < -0.39 is 35.1 Å². The molecule has 15 heavy (non-hydrogen) atoms. The number of cyclic esters (lactones) is 2. The standard InChI is InChI=1S/C8H4F4O3/c1-2-3-4(5(9)8(10,11)12)7(14)15-6(3)13/h2H,1H3. The second-order valence-electron chi connectivity index (χ2n) is 2.57. The third kappa shape index (κ3) is 1.90. The molecule has 0 saturated carbocycles. The Hall–Kier alpha value is -1.66. The summed E-state index contributed by atoms with van der Waals surface area (Å²) < 4.78 is 52.4. The first kappa shape index (κ1) is 11.4. The highest BCUT2D eigenvalue weighted by Gasteiger charge is 2.45. The molecule has 0 N–H and O–H groups in total. The number of hydrogen-bond donors (Lipinski definition) is 0. The maximum absolute atomic E-state index is 12.7. The molecule has 0 amide bonds. The summed E-state index contributed by atoms with van der Waals surface area (Å²) >= 11 is 0. The lowest BCUT2D eigenvalue weighted by molar-refractivity contribution is -0.150. The van der Waals surface area contributed by atoms with Crippen LogP contribution in [-0.4, -0.2) is 18.1 Å². The molecule has 3 nitrogen and oxygen atoms in total. The predicted octanol–water partition coefficient (Wildman–Crippen LogP) is 1.80. The molecule has 1 fully saturated rings. The van der Waals surface area contributed by atoms with Crippen molar-refractivity contribution in [3.05, 3.63) is 23.0 Å². The zero-order chi connectivity index (χ0) is 11.8. The smallest absolute Gasteiger partial charge is 0.386 e. The summed E-state index contributed by atoms with van der Waals surface area (Å²) in [7, 11) is 0. The molecule has 1 saturated heterocycles. The quantitative estimate of drug-likeness (QED) is 0.273. The maximum Gasteiger partial charge on any atom is 0.443 e. The first-order valence-corrected chi connectivity index (χ1v) is 3.69. The van der Waals surface area contributed by atoms with Crippen molar-refractivity contribution in [3.8, 4) is 0 Å². The molecule has 7 heteroatoms. The molecule has 0 aliphatic carbocycles. The van der Waals surface area contributed by atoms with Crippen molar-refractivity contribution in [1.82, 2.24) is 0 Å². The molecule has 1 aliphatic heterocycles. The van der Waals surface area contributed by atoms with E-state index >= 15 is 0 Å². The summed E-state index contributed by atoms with van der Waals surface area (Å²) in [5.41, 5.74) is -2.08. The predicted molar refractivity (Wildman–Crippen MR) is 39.0 cm³/mol. The molecule has 0 aromatic heterocycles. The van der Waals surface area contributed by atoms with Gasteiger partial charge in [-0.1, -0.05) is 6.08 Å². The zero-order valence-corrected chi connectivity index (χ0v) is 7.31. The minimum absolute atomic E-state index is 0.713. The number of rotatable bonds is 0. The number of carbonyl (C=O) groups is 2. The Labute approximate surface area is 81.0 Å². The fourth-order valence-electron chi connectivity index (χ4n) is 1.01. The van der Waals surface area contributed by atoms with Crippen LogP contribution in [0.15, 0.2) is 23.0 Å². The summed E-state index contributed by atoms with van der Waals surface area (Å²) in [6.07, 6.45) is -4.43. The second kappa shape index (κ2) is 3.48. The fourth-order valence-corrected chi connectivity index (χ4v) is 1.01. The monoisotopic (exact) mass is 224 g/mol. The number of halogens is 4. The molecule has 1 aliphatic rings. The van der Waals surface area contributed by atoms with Crippen LogP contribution in [0.1, 0.15) is 6.92 Å². The lowest BCUT2D eigenvalue weighted by atomic mass is 10.1. The molecule has 1 rings (SSSR count). The summed E-state index contributed by atoms with van der Waals surface area (Å²) in [6.45, 7) is 1.19. The number of allylic oxidation sites excluding steroid dienone is 2. The van der Waals surface area contributed by atoms with E-state index in [2.05, 4.69) is 4.74 Å². The zero-order valence-electron chi connectivity index (χ0n) is 7.31. The molecule has 0 aromatic rings. The molecule has 0 radical (unpaired) electrons. The van der Waals surface area contributed by atoms with Crippen LogP contribution in [0.2, 0.25) is 0 Å². The van der Waals surface area contributed by atoms with Crippen LogP contribution in [0.5, 0.6) is 0 Å². The van der Waals surface area contributed by atoms with Gasteiger partial charge in [0.25, 0.3) is 0 Å². The first-order valence-electron chi connectivity index (χ1n) is 3.69. The van der Waals surface area contributed by atoms with Crippen molar-refractivity contribution >= 4 is 11.9 Å². The average Bonchev–Trinajstić information content (AvgIpc) is 2.37. The molecule has 0 spiro atoms. The van der Waals surface area contributed by atoms with Gasteiger partial charge in [0, 0.05) is 0 Å². The van der Waals surface area contributed by atoms with Crippen LogP contribution in [0, 0.1) is 0 Å². The van der Waals surface area contributed by atoms with Gasteiger partial charge in [0.05, 0.1) is 5.57 Å². The number of hydrogen-bond acceptors (Lipinski definition) is 3. The van der Waals surface area contributed by atoms with E-state index in [0.717, 1.165) is 6.08 Å². The van der Waals surface area contributed by atoms with E-state index in [1.165, 1.54) is 6.92 Å². The number of esters is 2. The van der Waals surface area contributed by atoms with Crippen molar-refractivity contribution in [2.75, 3.05) is 0 Å². The van der Waals surface area contributed by atoms with E-state index in [1.807, 2.05) is 0 Å². The van der Waals surface area contributed by atoms with Crippen molar-refractivity contribution < 1.29 is 31.9 Å². The summed E-state index contributed by atoms with van der Waals surface area (Å²) in [5, 5.41) is 0. The van der Waals surface area contributed by atoms with E-state index in [9.17, 15) is 27.2 Å². The molecular formula is C8H4F4O3. The van der Waals surface area contributed by atoms with E-state index in [4.69, 9.17) is 0 Å². The lowest BCUT2D eigenvalue weighted by Crippen LogP contribution is -2.13. The Balaban J connectivity index is 3.37. The third-order valence-electron chi connectivity index (χ3n) is 1.64. The molecule has 1 heterocycles. The molecule has 0 unspecified atom stereocenters. The van der Waals surface area contributed by atoms with E-state index in [1.54, 1.807) is 0 Å². The Morgan fingerprint density at radius 2 is 1.80 bits per heavy atom. The molecular weight excluding hydrogens is 220 g/mol. The van der Waals surface area contributed by atoms with Gasteiger partial charge in [-0.25, -0.2) is 14.0 Å². The Morgan fingerprint density at radius 1 is 1.27 bits per heavy atom. The van der Waals surface area contributed by atoms with Crippen LogP contribution in [0.4, 0.5) is 17.6 Å². The summed E-state index contributed by atoms with van der Waals surface area (Å²) in [6, 6.07) is 0. The van der Waals surface area contributed by atoms with Crippen molar-refractivity contribution in [2.24, 2.45) is 0 Å².